The van der Waals surface area contributed by atoms with Crippen LogP contribution in [0.4, 0.5) is 5.82 Å². The second kappa shape index (κ2) is 5.66. The zero-order valence-electron chi connectivity index (χ0n) is 13.0. The van der Waals surface area contributed by atoms with Crippen LogP contribution in [-0.4, -0.2) is 23.9 Å². The van der Waals surface area contributed by atoms with Crippen LogP contribution >= 0.6 is 0 Å². The first-order valence-corrected chi connectivity index (χ1v) is 8.16. The molecule has 2 heterocycles. The molecular weight excluding hydrogens is 260 g/mol. The number of nitrogen functional groups attached to an aromatic ring is 1. The summed E-state index contributed by atoms with van der Waals surface area (Å²) in [7, 11) is 0. The minimum absolute atomic E-state index is 0.127. The van der Waals surface area contributed by atoms with E-state index in [9.17, 15) is 0 Å². The molecule has 0 amide bonds. The Morgan fingerprint density at radius 1 is 1.14 bits per heavy atom. The van der Waals surface area contributed by atoms with Crippen molar-refractivity contribution in [3.8, 4) is 0 Å². The van der Waals surface area contributed by atoms with Gasteiger partial charge in [0.05, 0.1) is 0 Å². The van der Waals surface area contributed by atoms with E-state index < -0.39 is 0 Å². The lowest BCUT2D eigenvalue weighted by molar-refractivity contribution is 0.144. The summed E-state index contributed by atoms with van der Waals surface area (Å²) in [6, 6.07) is 3.85. The number of nitrogens with zero attached hydrogens (tertiary/aromatic N) is 2. The number of rotatable bonds is 2. The molecule has 3 N–H and O–H groups in total. The molecule has 4 heteroatoms. The van der Waals surface area contributed by atoms with Crippen LogP contribution < -0.4 is 10.6 Å². The summed E-state index contributed by atoms with van der Waals surface area (Å²) < 4.78 is 0. The molecule has 1 spiro atoms. The van der Waals surface area contributed by atoms with Crippen molar-refractivity contribution in [2.45, 2.75) is 51.9 Å². The van der Waals surface area contributed by atoms with E-state index in [2.05, 4.69) is 9.88 Å². The van der Waals surface area contributed by atoms with Gasteiger partial charge in [-0.1, -0.05) is 19.3 Å². The molecule has 2 fully saturated rings. The molecule has 0 bridgehead atoms. The molecule has 3 rings (SSSR count). The molecule has 1 saturated carbocycles. The Morgan fingerprint density at radius 2 is 1.81 bits per heavy atom. The molecule has 1 aromatic heterocycles. The molecule has 0 radical (unpaired) electrons. The van der Waals surface area contributed by atoms with Crippen molar-refractivity contribution in [1.82, 2.24) is 4.98 Å². The van der Waals surface area contributed by atoms with Crippen molar-refractivity contribution < 1.29 is 0 Å². The van der Waals surface area contributed by atoms with Crippen LogP contribution in [0.2, 0.25) is 0 Å². The van der Waals surface area contributed by atoms with Gasteiger partial charge in [0, 0.05) is 24.3 Å². The lowest BCUT2D eigenvalue weighted by Crippen LogP contribution is -2.41. The van der Waals surface area contributed by atoms with Gasteiger partial charge in [-0.05, 0) is 50.2 Å². The first-order chi connectivity index (χ1) is 10.1. The summed E-state index contributed by atoms with van der Waals surface area (Å²) >= 11 is 0. The number of nitrogens with two attached hydrogens (primary N) is 1. The predicted molar refractivity (Wildman–Crippen MR) is 87.0 cm³/mol. The van der Waals surface area contributed by atoms with Crippen LogP contribution in [0.5, 0.6) is 0 Å². The van der Waals surface area contributed by atoms with Crippen molar-refractivity contribution in [3.63, 3.8) is 0 Å². The third-order valence-corrected chi connectivity index (χ3v) is 5.31. The van der Waals surface area contributed by atoms with E-state index in [1.807, 2.05) is 19.1 Å². The van der Waals surface area contributed by atoms with Crippen LogP contribution in [0.15, 0.2) is 12.1 Å². The molecule has 1 aliphatic carbocycles. The summed E-state index contributed by atoms with van der Waals surface area (Å²) in [5.74, 6) is 1.12. The van der Waals surface area contributed by atoms with Crippen LogP contribution in [0, 0.1) is 17.7 Å². The number of pyridine rings is 1. The van der Waals surface area contributed by atoms with Crippen LogP contribution in [-0.2, 0) is 0 Å². The number of nitrogens with one attached hydrogen (secondary N) is 1. The van der Waals surface area contributed by atoms with Crippen molar-refractivity contribution in [1.29, 1.82) is 5.41 Å². The number of hydrogen-bond donors (Lipinski definition) is 2. The van der Waals surface area contributed by atoms with Gasteiger partial charge in [-0.2, -0.15) is 0 Å². The molecule has 0 atom stereocenters. The average Bonchev–Trinajstić information content (AvgIpc) is 2.48. The quantitative estimate of drug-likeness (QED) is 0.648. The molecule has 2 aliphatic rings. The maximum Gasteiger partial charge on any atom is 0.129 e. The Labute approximate surface area is 127 Å². The maximum atomic E-state index is 7.63. The first-order valence-electron chi connectivity index (χ1n) is 8.16. The highest BCUT2D eigenvalue weighted by Crippen LogP contribution is 2.44. The fraction of sp³-hybridized carbons (Fsp3) is 0.647. The molecule has 1 saturated heterocycles. The lowest BCUT2D eigenvalue weighted by atomic mass is 9.68. The summed E-state index contributed by atoms with van der Waals surface area (Å²) in [6.07, 6.45) is 9.67. The number of aromatic nitrogens is 1. The standard InChI is InChI=1S/C17H26N4/c1-13-11-14(16(18)19)12-15(20-13)21-9-7-17(8-10-21)5-3-2-4-6-17/h11-12H,2-10H2,1H3,(H3,18,19). The number of anilines is 1. The Morgan fingerprint density at radius 3 is 2.43 bits per heavy atom. The summed E-state index contributed by atoms with van der Waals surface area (Å²) in [5, 5.41) is 7.63. The van der Waals surface area contributed by atoms with Crippen molar-refractivity contribution in [2.75, 3.05) is 18.0 Å². The highest BCUT2D eigenvalue weighted by Gasteiger charge is 2.35. The molecule has 0 aromatic carbocycles. The summed E-state index contributed by atoms with van der Waals surface area (Å²) in [5.41, 5.74) is 7.97. The SMILES string of the molecule is Cc1cc(C(=N)N)cc(N2CCC3(CCCCC3)CC2)n1. The highest BCUT2D eigenvalue weighted by atomic mass is 15.2. The normalized spacial score (nSPS) is 21.5. The highest BCUT2D eigenvalue weighted by molar-refractivity contribution is 5.95. The Bertz CT molecular complexity index is 522. The van der Waals surface area contributed by atoms with Gasteiger partial charge in [0.25, 0.3) is 0 Å². The minimum Gasteiger partial charge on any atom is -0.384 e. The molecule has 21 heavy (non-hydrogen) atoms. The smallest absolute Gasteiger partial charge is 0.129 e. The maximum absolute atomic E-state index is 7.63. The fourth-order valence-corrected chi connectivity index (χ4v) is 3.98. The Kier molecular flexibility index (Phi) is 3.87. The van der Waals surface area contributed by atoms with Gasteiger partial charge in [-0.15, -0.1) is 0 Å². The van der Waals surface area contributed by atoms with Crippen LogP contribution in [0.3, 0.4) is 0 Å². The molecule has 0 unspecified atom stereocenters. The zero-order valence-corrected chi connectivity index (χ0v) is 13.0. The Balaban J connectivity index is 1.73. The second-order valence-electron chi connectivity index (χ2n) is 6.82. The monoisotopic (exact) mass is 286 g/mol. The number of hydrogen-bond acceptors (Lipinski definition) is 3. The summed E-state index contributed by atoms with van der Waals surface area (Å²) in [4.78, 5) is 7.02. The van der Waals surface area contributed by atoms with Gasteiger partial charge in [-0.25, -0.2) is 4.98 Å². The second-order valence-corrected chi connectivity index (χ2v) is 6.82. The van der Waals surface area contributed by atoms with Crippen molar-refractivity contribution in [3.05, 3.63) is 23.4 Å². The van der Waals surface area contributed by atoms with E-state index in [0.717, 1.165) is 30.2 Å². The molecule has 114 valence electrons. The third kappa shape index (κ3) is 3.04. The number of amidine groups is 1. The van der Waals surface area contributed by atoms with Gasteiger partial charge in [-0.3, -0.25) is 5.41 Å². The fourth-order valence-electron chi connectivity index (χ4n) is 3.98. The lowest BCUT2D eigenvalue weighted by Gasteiger charge is -2.44. The topological polar surface area (TPSA) is 66.0 Å². The predicted octanol–water partition coefficient (Wildman–Crippen LogP) is 3.22. The van der Waals surface area contributed by atoms with E-state index in [0.29, 0.717) is 5.41 Å². The van der Waals surface area contributed by atoms with Gasteiger partial charge >= 0.3 is 0 Å². The summed E-state index contributed by atoms with van der Waals surface area (Å²) in [6.45, 7) is 4.16. The van der Waals surface area contributed by atoms with E-state index in [1.165, 1.54) is 44.9 Å². The molecular formula is C17H26N4. The van der Waals surface area contributed by atoms with Crippen molar-refractivity contribution >= 4 is 11.7 Å². The zero-order chi connectivity index (χ0) is 14.9. The van der Waals surface area contributed by atoms with E-state index in [-0.39, 0.29) is 5.84 Å². The largest absolute Gasteiger partial charge is 0.384 e. The van der Waals surface area contributed by atoms with Gasteiger partial charge in [0.15, 0.2) is 0 Å². The van der Waals surface area contributed by atoms with Crippen LogP contribution in [0.1, 0.15) is 56.2 Å². The van der Waals surface area contributed by atoms with Gasteiger partial charge in [0.1, 0.15) is 11.7 Å². The van der Waals surface area contributed by atoms with E-state index >= 15 is 0 Å². The van der Waals surface area contributed by atoms with Crippen LogP contribution in [0.25, 0.3) is 0 Å². The third-order valence-electron chi connectivity index (χ3n) is 5.31. The molecule has 1 aliphatic heterocycles. The number of piperidine rings is 1. The van der Waals surface area contributed by atoms with Gasteiger partial charge in [0.2, 0.25) is 0 Å². The van der Waals surface area contributed by atoms with E-state index in [1.54, 1.807) is 0 Å². The minimum atomic E-state index is 0.127. The van der Waals surface area contributed by atoms with Crippen molar-refractivity contribution in [2.24, 2.45) is 11.1 Å². The Hall–Kier alpha value is -1.58. The first kappa shape index (κ1) is 14.4. The average molecular weight is 286 g/mol. The number of aryl methyl sites for hydroxylation is 1. The van der Waals surface area contributed by atoms with Gasteiger partial charge < -0.3 is 10.6 Å². The molecule has 1 aromatic rings. The molecule has 4 nitrogen and oxygen atoms in total. The van der Waals surface area contributed by atoms with E-state index in [4.69, 9.17) is 11.1 Å².